The van der Waals surface area contributed by atoms with Crippen LogP contribution >= 0.6 is 11.6 Å². The molecule has 0 saturated carbocycles. The zero-order valence-electron chi connectivity index (χ0n) is 8.28. The molecule has 1 aliphatic heterocycles. The van der Waals surface area contributed by atoms with Crippen molar-refractivity contribution in [2.75, 3.05) is 6.54 Å². The van der Waals surface area contributed by atoms with Crippen LogP contribution < -0.4 is 0 Å². The average Bonchev–Trinajstić information content (AvgIpc) is 2.97. The first-order chi connectivity index (χ1) is 7.73. The van der Waals surface area contributed by atoms with Gasteiger partial charge in [-0.2, -0.15) is 17.5 Å². The van der Waals surface area contributed by atoms with Crippen LogP contribution in [0.1, 0.15) is 11.6 Å². The first-order valence-electron chi connectivity index (χ1n) is 4.57. The number of nitrogens with zero attached hydrogens (tertiary/aromatic N) is 1. The van der Waals surface area contributed by atoms with Crippen molar-refractivity contribution in [3.05, 3.63) is 34.9 Å². The quantitative estimate of drug-likeness (QED) is 0.783. The lowest BCUT2D eigenvalue weighted by Gasteiger charge is -2.09. The van der Waals surface area contributed by atoms with Crippen LogP contribution in [0.3, 0.4) is 0 Å². The summed E-state index contributed by atoms with van der Waals surface area (Å²) in [7, 11) is -5.21. The van der Waals surface area contributed by atoms with Gasteiger partial charge in [-0.05, 0) is 17.7 Å². The molecular formula is C9H7ClF3NO2S. The van der Waals surface area contributed by atoms with Crippen molar-refractivity contribution in [2.24, 2.45) is 0 Å². The van der Waals surface area contributed by atoms with E-state index in [1.165, 1.54) is 24.3 Å². The van der Waals surface area contributed by atoms with Crippen LogP contribution in [0.15, 0.2) is 24.3 Å². The van der Waals surface area contributed by atoms with Gasteiger partial charge in [0.2, 0.25) is 0 Å². The van der Waals surface area contributed by atoms with E-state index >= 15 is 0 Å². The second-order valence-electron chi connectivity index (χ2n) is 3.59. The Labute approximate surface area is 101 Å². The van der Waals surface area contributed by atoms with Crippen molar-refractivity contribution in [3.63, 3.8) is 0 Å². The molecule has 8 heteroatoms. The molecule has 1 saturated heterocycles. The van der Waals surface area contributed by atoms with Crippen LogP contribution in [0.4, 0.5) is 13.2 Å². The predicted octanol–water partition coefficient (Wildman–Crippen LogP) is 2.55. The number of hydrogen-bond acceptors (Lipinski definition) is 2. The Kier molecular flexibility index (Phi) is 2.87. The Morgan fingerprint density at radius 3 is 2.24 bits per heavy atom. The van der Waals surface area contributed by atoms with Gasteiger partial charge in [0.05, 0.1) is 6.04 Å². The average molecular weight is 286 g/mol. The van der Waals surface area contributed by atoms with Gasteiger partial charge >= 0.3 is 15.5 Å². The van der Waals surface area contributed by atoms with Crippen molar-refractivity contribution in [3.8, 4) is 0 Å². The van der Waals surface area contributed by atoms with Gasteiger partial charge < -0.3 is 0 Å². The third-order valence-corrected chi connectivity index (χ3v) is 4.28. The second kappa shape index (κ2) is 3.86. The van der Waals surface area contributed by atoms with Crippen LogP contribution in [-0.4, -0.2) is 24.8 Å². The smallest absolute Gasteiger partial charge is 0.203 e. The van der Waals surface area contributed by atoms with E-state index in [-0.39, 0.29) is 6.54 Å². The van der Waals surface area contributed by atoms with Crippen LogP contribution in [-0.2, 0) is 10.0 Å². The summed E-state index contributed by atoms with van der Waals surface area (Å²) in [6, 6.07) is 5.30. The van der Waals surface area contributed by atoms with Gasteiger partial charge in [0.25, 0.3) is 0 Å². The molecule has 0 aliphatic carbocycles. The lowest BCUT2D eigenvalue weighted by molar-refractivity contribution is -0.0467. The summed E-state index contributed by atoms with van der Waals surface area (Å²) in [4.78, 5) is 0. The van der Waals surface area contributed by atoms with Crippen LogP contribution in [0.5, 0.6) is 0 Å². The van der Waals surface area contributed by atoms with Gasteiger partial charge in [-0.25, -0.2) is 8.42 Å². The molecule has 2 atom stereocenters. The molecule has 1 aliphatic rings. The predicted molar refractivity (Wildman–Crippen MR) is 55.9 cm³/mol. The lowest BCUT2D eigenvalue weighted by Crippen LogP contribution is -2.29. The summed E-state index contributed by atoms with van der Waals surface area (Å²) in [6.45, 7) is -0.149. The molecule has 0 aromatic heterocycles. The van der Waals surface area contributed by atoms with Crippen molar-refractivity contribution in [1.29, 1.82) is 0 Å². The van der Waals surface area contributed by atoms with E-state index < -0.39 is 21.6 Å². The highest BCUT2D eigenvalue weighted by Gasteiger charge is 2.58. The fraction of sp³-hybridized carbons (Fsp3) is 0.333. The summed E-state index contributed by atoms with van der Waals surface area (Å²) >= 11 is 5.62. The van der Waals surface area contributed by atoms with E-state index in [1.54, 1.807) is 0 Å². The third kappa shape index (κ3) is 2.27. The van der Waals surface area contributed by atoms with E-state index in [0.717, 1.165) is 0 Å². The number of alkyl halides is 3. The zero-order chi connectivity index (χ0) is 12.8. The first-order valence-corrected chi connectivity index (χ1v) is 6.39. The maximum atomic E-state index is 12.2. The van der Waals surface area contributed by atoms with Gasteiger partial charge in [-0.3, -0.25) is 0 Å². The minimum Gasteiger partial charge on any atom is -0.203 e. The number of hydrogen-bond donors (Lipinski definition) is 0. The zero-order valence-corrected chi connectivity index (χ0v) is 9.85. The van der Waals surface area contributed by atoms with Gasteiger partial charge in [-0.15, -0.1) is 0 Å². The molecule has 2 rings (SSSR count). The Balaban J connectivity index is 2.19. The number of sulfonamides is 1. The number of rotatable bonds is 2. The van der Waals surface area contributed by atoms with E-state index in [1.807, 2.05) is 0 Å². The number of halogens is 4. The topological polar surface area (TPSA) is 37.1 Å². The van der Waals surface area contributed by atoms with E-state index in [9.17, 15) is 21.6 Å². The molecule has 0 spiro atoms. The Morgan fingerprint density at radius 2 is 1.76 bits per heavy atom. The molecule has 1 heterocycles. The molecule has 0 radical (unpaired) electrons. The molecule has 1 aromatic carbocycles. The summed E-state index contributed by atoms with van der Waals surface area (Å²) in [6.07, 6.45) is 0. The van der Waals surface area contributed by atoms with Crippen molar-refractivity contribution in [1.82, 2.24) is 4.31 Å². The molecule has 3 nitrogen and oxygen atoms in total. The molecule has 0 bridgehead atoms. The third-order valence-electron chi connectivity index (χ3n) is 2.42. The highest BCUT2D eigenvalue weighted by Crippen LogP contribution is 2.43. The van der Waals surface area contributed by atoms with E-state index in [2.05, 4.69) is 0 Å². The summed E-state index contributed by atoms with van der Waals surface area (Å²) < 4.78 is 59.2. The van der Waals surface area contributed by atoms with Crippen LogP contribution in [0, 0.1) is 0 Å². The van der Waals surface area contributed by atoms with Gasteiger partial charge in [-0.1, -0.05) is 23.7 Å². The molecule has 0 amide bonds. The maximum absolute atomic E-state index is 12.2. The molecule has 1 aromatic rings. The van der Waals surface area contributed by atoms with Gasteiger partial charge in [0.1, 0.15) is 0 Å². The Hall–Kier alpha value is -0.790. The van der Waals surface area contributed by atoms with Gasteiger partial charge in [0, 0.05) is 11.6 Å². The first kappa shape index (κ1) is 12.7. The fourth-order valence-electron chi connectivity index (χ4n) is 1.48. The van der Waals surface area contributed by atoms with Crippen LogP contribution in [0.2, 0.25) is 5.02 Å². The molecule has 0 N–H and O–H groups in total. The minimum atomic E-state index is -5.24. The van der Waals surface area contributed by atoms with Gasteiger partial charge in [0.15, 0.2) is 0 Å². The summed E-state index contributed by atoms with van der Waals surface area (Å²) in [5.74, 6) is 0. The Morgan fingerprint density at radius 1 is 1.24 bits per heavy atom. The molecule has 1 fully saturated rings. The SMILES string of the molecule is O=S(=O)(N1C[C@H]1c1ccc(Cl)cc1)C(F)(F)F. The molecule has 94 valence electrons. The number of benzene rings is 1. The maximum Gasteiger partial charge on any atom is 0.511 e. The standard InChI is InChI=1S/C9H7ClF3NO2S/c10-7-3-1-6(2-4-7)8-5-14(8)17(15,16)9(11,12)13/h1-4,8H,5H2/t8-,14?/m0/s1. The largest absolute Gasteiger partial charge is 0.511 e. The van der Waals surface area contributed by atoms with Crippen molar-refractivity contribution in [2.45, 2.75) is 11.6 Å². The molecular weight excluding hydrogens is 279 g/mol. The molecule has 1 unspecified atom stereocenters. The summed E-state index contributed by atoms with van der Waals surface area (Å²) in [5.41, 5.74) is -4.74. The fourth-order valence-corrected chi connectivity index (χ4v) is 2.66. The lowest BCUT2D eigenvalue weighted by atomic mass is 10.2. The van der Waals surface area contributed by atoms with Crippen molar-refractivity contribution >= 4 is 21.6 Å². The molecule has 17 heavy (non-hydrogen) atoms. The second-order valence-corrected chi connectivity index (χ2v) is 5.91. The normalized spacial score (nSPS) is 24.7. The summed E-state index contributed by atoms with van der Waals surface area (Å²) in [5, 5.41) is 0.444. The van der Waals surface area contributed by atoms with E-state index in [4.69, 9.17) is 11.6 Å². The minimum absolute atomic E-state index is 0.149. The monoisotopic (exact) mass is 285 g/mol. The highest BCUT2D eigenvalue weighted by atomic mass is 35.5. The van der Waals surface area contributed by atoms with E-state index in [0.29, 0.717) is 14.9 Å². The van der Waals surface area contributed by atoms with Crippen molar-refractivity contribution < 1.29 is 21.6 Å². The Bertz CT molecular complexity index is 526. The highest BCUT2D eigenvalue weighted by molar-refractivity contribution is 7.90. The van der Waals surface area contributed by atoms with Crippen LogP contribution in [0.25, 0.3) is 0 Å².